The summed E-state index contributed by atoms with van der Waals surface area (Å²) in [6.07, 6.45) is 0.210. The van der Waals surface area contributed by atoms with Gasteiger partial charge in [-0.3, -0.25) is 9.59 Å². The number of hydrogen-bond acceptors (Lipinski definition) is 5. The first-order valence-corrected chi connectivity index (χ1v) is 9.24. The average molecular weight is 366 g/mol. The molecule has 0 unspecified atom stereocenters. The molecule has 3 heterocycles. The third-order valence-corrected chi connectivity index (χ3v) is 5.56. The van der Waals surface area contributed by atoms with Crippen LogP contribution in [0.3, 0.4) is 0 Å². The van der Waals surface area contributed by atoms with Gasteiger partial charge < -0.3 is 10.2 Å². The summed E-state index contributed by atoms with van der Waals surface area (Å²) in [5.74, 6) is -0.593. The van der Waals surface area contributed by atoms with Gasteiger partial charge in [-0.15, -0.1) is 0 Å². The lowest BCUT2D eigenvalue weighted by atomic mass is 10.1. The molecule has 7 heteroatoms. The summed E-state index contributed by atoms with van der Waals surface area (Å²) in [5.41, 5.74) is 3.47. The smallest absolute Gasteiger partial charge is 0.231 e. The summed E-state index contributed by atoms with van der Waals surface area (Å²) in [5, 5.41) is 3.39. The Morgan fingerprint density at radius 1 is 1.23 bits per heavy atom. The third kappa shape index (κ3) is 3.06. The van der Waals surface area contributed by atoms with Crippen molar-refractivity contribution in [1.82, 2.24) is 9.97 Å². The second-order valence-corrected chi connectivity index (χ2v) is 7.48. The van der Waals surface area contributed by atoms with Crippen molar-refractivity contribution in [3.63, 3.8) is 0 Å². The fourth-order valence-corrected chi connectivity index (χ4v) is 4.10. The van der Waals surface area contributed by atoms with Crippen LogP contribution < -0.4 is 10.2 Å². The van der Waals surface area contributed by atoms with Crippen LogP contribution in [0.4, 0.5) is 10.8 Å². The number of aromatic nitrogens is 2. The summed E-state index contributed by atoms with van der Waals surface area (Å²) in [6, 6.07) is 11.4. The minimum Gasteiger partial charge on any atom is -0.312 e. The predicted molar refractivity (Wildman–Crippen MR) is 102 cm³/mol. The van der Waals surface area contributed by atoms with Crippen LogP contribution in [0.1, 0.15) is 17.7 Å². The van der Waals surface area contributed by atoms with Gasteiger partial charge in [0, 0.05) is 24.3 Å². The molecule has 26 heavy (non-hydrogen) atoms. The quantitative estimate of drug-likeness (QED) is 0.772. The number of thiazole rings is 1. The van der Waals surface area contributed by atoms with Crippen molar-refractivity contribution in [2.24, 2.45) is 5.92 Å². The normalized spacial score (nSPS) is 17.1. The summed E-state index contributed by atoms with van der Waals surface area (Å²) < 4.78 is 0.972. The Balaban J connectivity index is 1.50. The summed E-state index contributed by atoms with van der Waals surface area (Å²) >= 11 is 1.41. The SMILES string of the molecule is Cc1cc(C)c2sc(NC(=O)[C@@H]3CC(=O)N(c4ccccc4)C3)nc2n1. The molecule has 1 aliphatic rings. The first-order chi connectivity index (χ1) is 12.5. The van der Waals surface area contributed by atoms with Crippen LogP contribution in [0.2, 0.25) is 0 Å². The number of nitrogens with zero attached hydrogens (tertiary/aromatic N) is 3. The molecule has 1 fully saturated rings. The maximum atomic E-state index is 12.6. The molecular weight excluding hydrogens is 348 g/mol. The number of anilines is 2. The van der Waals surface area contributed by atoms with Gasteiger partial charge in [-0.1, -0.05) is 29.5 Å². The zero-order valence-corrected chi connectivity index (χ0v) is 15.3. The highest BCUT2D eigenvalue weighted by atomic mass is 32.1. The number of fused-ring (bicyclic) bond motifs is 1. The monoisotopic (exact) mass is 366 g/mol. The lowest BCUT2D eigenvalue weighted by Gasteiger charge is -2.16. The number of amides is 2. The molecule has 1 aliphatic heterocycles. The second kappa shape index (κ2) is 6.49. The number of hydrogen-bond donors (Lipinski definition) is 1. The zero-order valence-electron chi connectivity index (χ0n) is 14.5. The van der Waals surface area contributed by atoms with E-state index in [1.165, 1.54) is 11.3 Å². The van der Waals surface area contributed by atoms with Crippen molar-refractivity contribution in [2.75, 3.05) is 16.8 Å². The van der Waals surface area contributed by atoms with Gasteiger partial charge in [-0.2, -0.15) is 4.98 Å². The second-order valence-electron chi connectivity index (χ2n) is 6.48. The Kier molecular flexibility index (Phi) is 4.16. The summed E-state index contributed by atoms with van der Waals surface area (Å²) in [7, 11) is 0. The number of carbonyl (C=O) groups excluding carboxylic acids is 2. The Morgan fingerprint density at radius 2 is 2.00 bits per heavy atom. The van der Waals surface area contributed by atoms with Gasteiger partial charge in [-0.05, 0) is 37.6 Å². The molecular formula is C19H18N4O2S. The third-order valence-electron chi connectivity index (χ3n) is 4.47. The maximum absolute atomic E-state index is 12.6. The zero-order chi connectivity index (χ0) is 18.3. The number of benzene rings is 1. The summed E-state index contributed by atoms with van der Waals surface area (Å²) in [6.45, 7) is 4.32. The Morgan fingerprint density at radius 3 is 2.77 bits per heavy atom. The number of carbonyl (C=O) groups is 2. The topological polar surface area (TPSA) is 75.2 Å². The number of rotatable bonds is 3. The molecule has 2 aromatic heterocycles. The Hall–Kier alpha value is -2.80. The van der Waals surface area contributed by atoms with E-state index in [9.17, 15) is 9.59 Å². The van der Waals surface area contributed by atoms with Gasteiger partial charge in [0.2, 0.25) is 11.8 Å². The molecule has 0 bridgehead atoms. The molecule has 3 aromatic rings. The van der Waals surface area contributed by atoms with E-state index < -0.39 is 0 Å². The van der Waals surface area contributed by atoms with E-state index in [1.807, 2.05) is 50.2 Å². The fraction of sp³-hybridized carbons (Fsp3) is 0.263. The van der Waals surface area contributed by atoms with Crippen LogP contribution >= 0.6 is 11.3 Å². The van der Waals surface area contributed by atoms with E-state index >= 15 is 0 Å². The van der Waals surface area contributed by atoms with Gasteiger partial charge >= 0.3 is 0 Å². The number of para-hydroxylation sites is 1. The van der Waals surface area contributed by atoms with E-state index in [4.69, 9.17) is 0 Å². The van der Waals surface area contributed by atoms with Crippen LogP contribution in [0.5, 0.6) is 0 Å². The number of pyridine rings is 1. The van der Waals surface area contributed by atoms with Crippen molar-refractivity contribution >= 4 is 44.3 Å². The van der Waals surface area contributed by atoms with E-state index in [0.717, 1.165) is 21.6 Å². The average Bonchev–Trinajstić information content (AvgIpc) is 3.19. The molecule has 2 amide bonds. The number of aryl methyl sites for hydroxylation is 2. The predicted octanol–water partition coefficient (Wildman–Crippen LogP) is 3.30. The van der Waals surface area contributed by atoms with Gasteiger partial charge in [-0.25, -0.2) is 4.98 Å². The minimum atomic E-state index is -0.384. The molecule has 1 aromatic carbocycles. The van der Waals surface area contributed by atoms with Crippen LogP contribution in [-0.2, 0) is 9.59 Å². The lowest BCUT2D eigenvalue weighted by Crippen LogP contribution is -2.28. The molecule has 0 radical (unpaired) electrons. The molecule has 0 saturated carbocycles. The van der Waals surface area contributed by atoms with Gasteiger partial charge in [0.05, 0.1) is 10.6 Å². The highest BCUT2D eigenvalue weighted by molar-refractivity contribution is 7.22. The van der Waals surface area contributed by atoms with Crippen molar-refractivity contribution in [3.05, 3.63) is 47.7 Å². The van der Waals surface area contributed by atoms with Crippen molar-refractivity contribution in [1.29, 1.82) is 0 Å². The van der Waals surface area contributed by atoms with Crippen molar-refractivity contribution in [3.8, 4) is 0 Å². The maximum Gasteiger partial charge on any atom is 0.231 e. The molecule has 1 N–H and O–H groups in total. The molecule has 0 aliphatic carbocycles. The largest absolute Gasteiger partial charge is 0.312 e. The molecule has 132 valence electrons. The minimum absolute atomic E-state index is 0.0335. The number of nitrogens with one attached hydrogen (secondary N) is 1. The first kappa shape index (κ1) is 16.7. The van der Waals surface area contributed by atoms with Gasteiger partial charge in [0.15, 0.2) is 10.8 Å². The van der Waals surface area contributed by atoms with Crippen LogP contribution in [0.15, 0.2) is 36.4 Å². The molecule has 6 nitrogen and oxygen atoms in total. The van der Waals surface area contributed by atoms with Crippen molar-refractivity contribution in [2.45, 2.75) is 20.3 Å². The van der Waals surface area contributed by atoms with Crippen LogP contribution in [0.25, 0.3) is 10.3 Å². The Labute approximate surface area is 154 Å². The lowest BCUT2D eigenvalue weighted by molar-refractivity contribution is -0.122. The molecule has 1 atom stereocenters. The highest BCUT2D eigenvalue weighted by Gasteiger charge is 2.35. The fourth-order valence-electron chi connectivity index (χ4n) is 3.22. The van der Waals surface area contributed by atoms with E-state index in [1.54, 1.807) is 4.90 Å². The highest BCUT2D eigenvalue weighted by Crippen LogP contribution is 2.30. The van der Waals surface area contributed by atoms with Crippen molar-refractivity contribution < 1.29 is 9.59 Å². The van der Waals surface area contributed by atoms with Crippen LogP contribution in [-0.4, -0.2) is 28.3 Å². The summed E-state index contributed by atoms with van der Waals surface area (Å²) in [4.78, 5) is 35.4. The van der Waals surface area contributed by atoms with Gasteiger partial charge in [0.1, 0.15) is 0 Å². The van der Waals surface area contributed by atoms with E-state index in [2.05, 4.69) is 15.3 Å². The molecule has 0 spiro atoms. The van der Waals surface area contributed by atoms with E-state index in [-0.39, 0.29) is 24.2 Å². The van der Waals surface area contributed by atoms with Gasteiger partial charge in [0.25, 0.3) is 0 Å². The standard InChI is InChI=1S/C19H18N4O2S/c1-11-8-12(2)20-17-16(11)26-19(21-17)22-18(25)13-9-15(24)23(10-13)14-6-4-3-5-7-14/h3-8,13H,9-10H2,1-2H3,(H,20,21,22,25)/t13-/m1/s1. The first-order valence-electron chi connectivity index (χ1n) is 8.42. The van der Waals surface area contributed by atoms with E-state index in [0.29, 0.717) is 17.3 Å². The van der Waals surface area contributed by atoms with Crippen LogP contribution in [0, 0.1) is 19.8 Å². The Bertz CT molecular complexity index is 999. The molecule has 4 rings (SSSR count). The molecule has 1 saturated heterocycles.